The number of ether oxygens (including phenoxy) is 1. The van der Waals surface area contributed by atoms with Crippen molar-refractivity contribution in [2.75, 3.05) is 20.1 Å². The van der Waals surface area contributed by atoms with Crippen LogP contribution in [0.5, 0.6) is 0 Å². The highest BCUT2D eigenvalue weighted by Gasteiger charge is 2.49. The van der Waals surface area contributed by atoms with Gasteiger partial charge in [-0.2, -0.15) is 0 Å². The van der Waals surface area contributed by atoms with E-state index in [1.165, 1.54) is 0 Å². The second-order valence-corrected chi connectivity index (χ2v) is 3.64. The third-order valence-corrected chi connectivity index (χ3v) is 1.90. The smallest absolute Gasteiger partial charge is 0.338 e. The quantitative estimate of drug-likeness (QED) is 0.661. The number of aliphatic carboxylic acids is 1. The number of nitrogens with zero attached hydrogens (tertiary/aromatic N) is 1. The Balaban J connectivity index is 2.57. The fourth-order valence-electron chi connectivity index (χ4n) is 1.54. The van der Waals surface area contributed by atoms with Gasteiger partial charge in [-0.3, -0.25) is 4.90 Å². The van der Waals surface area contributed by atoms with Crippen LogP contribution in [0.2, 0.25) is 0 Å². The van der Waals surface area contributed by atoms with Crippen LogP contribution in [0.25, 0.3) is 0 Å². The van der Waals surface area contributed by atoms with Gasteiger partial charge in [0.1, 0.15) is 0 Å². The minimum absolute atomic E-state index is 0.0326. The molecule has 1 aliphatic rings. The predicted octanol–water partition coefficient (Wildman–Crippen LogP) is 0.180. The Morgan fingerprint density at radius 3 is 2.33 bits per heavy atom. The molecular weight excluding hydrogens is 158 g/mol. The highest BCUT2D eigenvalue weighted by molar-refractivity contribution is 5.79. The molecule has 4 nitrogen and oxygen atoms in total. The Kier molecular flexibility index (Phi) is 2.39. The molecule has 0 atom stereocenters. The summed E-state index contributed by atoms with van der Waals surface area (Å²) in [5, 5.41) is 8.90. The number of likely N-dealkylation sites (tertiary alicyclic amines) is 1. The Morgan fingerprint density at radius 2 is 2.08 bits per heavy atom. The van der Waals surface area contributed by atoms with Gasteiger partial charge in [-0.25, -0.2) is 4.79 Å². The molecule has 0 radical (unpaired) electrons. The normalized spacial score (nSPS) is 22.3. The first-order chi connectivity index (χ1) is 5.46. The largest absolute Gasteiger partial charge is 0.479 e. The molecule has 1 rings (SSSR count). The maximum absolute atomic E-state index is 10.8. The SMILES string of the molecule is CC(C)OC1(C(=O)O)CN(C)C1. The van der Waals surface area contributed by atoms with Crippen molar-refractivity contribution in [1.29, 1.82) is 0 Å². The van der Waals surface area contributed by atoms with Crippen LogP contribution in [0, 0.1) is 0 Å². The summed E-state index contributed by atoms with van der Waals surface area (Å²) in [5.74, 6) is -0.852. The zero-order valence-electron chi connectivity index (χ0n) is 7.70. The summed E-state index contributed by atoms with van der Waals surface area (Å²) < 4.78 is 5.36. The van der Waals surface area contributed by atoms with Crippen LogP contribution in [-0.2, 0) is 9.53 Å². The van der Waals surface area contributed by atoms with Gasteiger partial charge in [0.25, 0.3) is 0 Å². The molecule has 0 aromatic heterocycles. The van der Waals surface area contributed by atoms with Crippen LogP contribution >= 0.6 is 0 Å². The van der Waals surface area contributed by atoms with E-state index >= 15 is 0 Å². The van der Waals surface area contributed by atoms with Gasteiger partial charge in [-0.05, 0) is 20.9 Å². The van der Waals surface area contributed by atoms with Crippen molar-refractivity contribution in [3.05, 3.63) is 0 Å². The lowest BCUT2D eigenvalue weighted by atomic mass is 9.94. The van der Waals surface area contributed by atoms with Crippen molar-refractivity contribution >= 4 is 5.97 Å². The third-order valence-electron chi connectivity index (χ3n) is 1.90. The Morgan fingerprint density at radius 1 is 1.58 bits per heavy atom. The van der Waals surface area contributed by atoms with E-state index in [0.717, 1.165) is 0 Å². The monoisotopic (exact) mass is 173 g/mol. The number of likely N-dealkylation sites (N-methyl/N-ethyl adjacent to an activating group) is 1. The van der Waals surface area contributed by atoms with E-state index in [1.807, 2.05) is 25.8 Å². The van der Waals surface area contributed by atoms with Crippen LogP contribution in [0.15, 0.2) is 0 Å². The lowest BCUT2D eigenvalue weighted by Gasteiger charge is -2.45. The van der Waals surface area contributed by atoms with Crippen LogP contribution in [0.4, 0.5) is 0 Å². The van der Waals surface area contributed by atoms with Crippen LogP contribution in [-0.4, -0.2) is 47.8 Å². The first-order valence-corrected chi connectivity index (χ1v) is 4.06. The number of carboxylic acids is 1. The van der Waals surface area contributed by atoms with Gasteiger partial charge in [-0.1, -0.05) is 0 Å². The molecule has 0 bridgehead atoms. The van der Waals surface area contributed by atoms with Crippen LogP contribution in [0.1, 0.15) is 13.8 Å². The number of hydrogen-bond donors (Lipinski definition) is 1. The van der Waals surface area contributed by atoms with Crippen molar-refractivity contribution in [3.63, 3.8) is 0 Å². The van der Waals surface area contributed by atoms with E-state index in [1.54, 1.807) is 0 Å². The second kappa shape index (κ2) is 3.03. The maximum Gasteiger partial charge on any atom is 0.338 e. The van der Waals surface area contributed by atoms with Crippen molar-refractivity contribution < 1.29 is 14.6 Å². The van der Waals surface area contributed by atoms with Crippen molar-refractivity contribution in [1.82, 2.24) is 4.90 Å². The molecule has 0 spiro atoms. The van der Waals surface area contributed by atoms with Crippen molar-refractivity contribution in [2.45, 2.75) is 25.6 Å². The highest BCUT2D eigenvalue weighted by Crippen LogP contribution is 2.25. The van der Waals surface area contributed by atoms with Gasteiger partial charge in [0.15, 0.2) is 5.60 Å². The van der Waals surface area contributed by atoms with E-state index < -0.39 is 11.6 Å². The first kappa shape index (κ1) is 9.48. The number of carboxylic acid groups (broad SMARTS) is 1. The van der Waals surface area contributed by atoms with E-state index in [0.29, 0.717) is 13.1 Å². The summed E-state index contributed by atoms with van der Waals surface area (Å²) >= 11 is 0. The molecule has 0 aromatic carbocycles. The standard InChI is InChI=1S/C8H15NO3/c1-6(2)12-8(7(10)11)4-9(3)5-8/h6H,4-5H2,1-3H3,(H,10,11). The van der Waals surface area contributed by atoms with Gasteiger partial charge in [0, 0.05) is 13.1 Å². The molecule has 0 aliphatic carbocycles. The average molecular weight is 173 g/mol. The fourth-order valence-corrected chi connectivity index (χ4v) is 1.54. The molecule has 1 heterocycles. The Hall–Kier alpha value is -0.610. The molecule has 0 amide bonds. The minimum Gasteiger partial charge on any atom is -0.479 e. The number of rotatable bonds is 3. The average Bonchev–Trinajstić information content (AvgIpc) is 1.81. The molecular formula is C8H15NO3. The summed E-state index contributed by atoms with van der Waals surface area (Å²) in [6.07, 6.45) is -0.0326. The lowest BCUT2D eigenvalue weighted by Crippen LogP contribution is -2.66. The van der Waals surface area contributed by atoms with Gasteiger partial charge in [0.05, 0.1) is 6.10 Å². The second-order valence-electron chi connectivity index (χ2n) is 3.64. The van der Waals surface area contributed by atoms with E-state index in [4.69, 9.17) is 9.84 Å². The van der Waals surface area contributed by atoms with Gasteiger partial charge >= 0.3 is 5.97 Å². The van der Waals surface area contributed by atoms with Gasteiger partial charge < -0.3 is 9.84 Å². The van der Waals surface area contributed by atoms with Crippen molar-refractivity contribution in [2.24, 2.45) is 0 Å². The third kappa shape index (κ3) is 1.59. The molecule has 4 heteroatoms. The molecule has 70 valence electrons. The predicted molar refractivity (Wildman–Crippen MR) is 44.1 cm³/mol. The van der Waals surface area contributed by atoms with Gasteiger partial charge in [0.2, 0.25) is 0 Å². The number of carbonyl (C=O) groups is 1. The fraction of sp³-hybridized carbons (Fsp3) is 0.875. The Bertz CT molecular complexity index is 185. The number of hydrogen-bond acceptors (Lipinski definition) is 3. The minimum atomic E-state index is -0.942. The summed E-state index contributed by atoms with van der Waals surface area (Å²) in [4.78, 5) is 12.8. The van der Waals surface area contributed by atoms with E-state index in [-0.39, 0.29) is 6.10 Å². The summed E-state index contributed by atoms with van der Waals surface area (Å²) in [6.45, 7) is 4.67. The highest BCUT2D eigenvalue weighted by atomic mass is 16.5. The van der Waals surface area contributed by atoms with Crippen LogP contribution < -0.4 is 0 Å². The Labute approximate surface area is 72.1 Å². The molecule has 12 heavy (non-hydrogen) atoms. The summed E-state index contributed by atoms with van der Waals surface area (Å²) in [5.41, 5.74) is -0.942. The maximum atomic E-state index is 10.8. The molecule has 1 N–H and O–H groups in total. The topological polar surface area (TPSA) is 49.8 Å². The van der Waals surface area contributed by atoms with E-state index in [9.17, 15) is 4.79 Å². The molecule has 1 aliphatic heterocycles. The van der Waals surface area contributed by atoms with Crippen LogP contribution in [0.3, 0.4) is 0 Å². The van der Waals surface area contributed by atoms with Crippen molar-refractivity contribution in [3.8, 4) is 0 Å². The molecule has 0 unspecified atom stereocenters. The van der Waals surface area contributed by atoms with Gasteiger partial charge in [-0.15, -0.1) is 0 Å². The summed E-state index contributed by atoms with van der Waals surface area (Å²) in [6, 6.07) is 0. The molecule has 0 aromatic rings. The lowest BCUT2D eigenvalue weighted by molar-refractivity contribution is -0.197. The molecule has 1 saturated heterocycles. The summed E-state index contributed by atoms with van der Waals surface area (Å²) in [7, 11) is 1.88. The first-order valence-electron chi connectivity index (χ1n) is 4.06. The molecule has 0 saturated carbocycles. The van der Waals surface area contributed by atoms with E-state index in [2.05, 4.69) is 0 Å². The molecule has 1 fully saturated rings. The zero-order valence-corrected chi connectivity index (χ0v) is 7.70. The zero-order chi connectivity index (χ0) is 9.35.